The molecule has 108 valence electrons. The van der Waals surface area contributed by atoms with Crippen LogP contribution in [-0.4, -0.2) is 23.9 Å². The molecule has 20 heavy (non-hydrogen) atoms. The first-order chi connectivity index (χ1) is 9.63. The van der Waals surface area contributed by atoms with Gasteiger partial charge in [0.25, 0.3) is 0 Å². The average molecular weight is 280 g/mol. The SMILES string of the molecule is CCNC(C)c1nnc(Nc2ccc(OC)c(F)c2)o1. The van der Waals surface area contributed by atoms with E-state index in [-0.39, 0.29) is 17.8 Å². The Morgan fingerprint density at radius 1 is 1.40 bits per heavy atom. The number of benzene rings is 1. The summed E-state index contributed by atoms with van der Waals surface area (Å²) in [6.07, 6.45) is 0. The Morgan fingerprint density at radius 2 is 2.20 bits per heavy atom. The van der Waals surface area contributed by atoms with Crippen LogP contribution in [0.3, 0.4) is 0 Å². The smallest absolute Gasteiger partial charge is 0.320 e. The molecule has 1 aromatic carbocycles. The maximum atomic E-state index is 13.5. The van der Waals surface area contributed by atoms with Crippen LogP contribution < -0.4 is 15.4 Å². The van der Waals surface area contributed by atoms with Gasteiger partial charge in [0.2, 0.25) is 5.89 Å². The highest BCUT2D eigenvalue weighted by atomic mass is 19.1. The molecule has 0 spiro atoms. The fraction of sp³-hybridized carbons (Fsp3) is 0.385. The van der Waals surface area contributed by atoms with Crippen molar-refractivity contribution in [3.05, 3.63) is 29.9 Å². The Balaban J connectivity index is 2.08. The van der Waals surface area contributed by atoms with Gasteiger partial charge in [-0.1, -0.05) is 12.0 Å². The Kier molecular flexibility index (Phi) is 4.52. The fourth-order valence-electron chi connectivity index (χ4n) is 1.72. The van der Waals surface area contributed by atoms with E-state index in [4.69, 9.17) is 9.15 Å². The molecule has 0 aliphatic heterocycles. The zero-order chi connectivity index (χ0) is 14.5. The van der Waals surface area contributed by atoms with Crippen LogP contribution in [0.4, 0.5) is 16.1 Å². The third-order valence-electron chi connectivity index (χ3n) is 2.72. The zero-order valence-electron chi connectivity index (χ0n) is 11.6. The van der Waals surface area contributed by atoms with Crippen molar-refractivity contribution in [3.8, 4) is 5.75 Å². The van der Waals surface area contributed by atoms with Crippen molar-refractivity contribution in [2.75, 3.05) is 19.0 Å². The number of hydrogen-bond donors (Lipinski definition) is 2. The van der Waals surface area contributed by atoms with Crippen LogP contribution >= 0.6 is 0 Å². The highest BCUT2D eigenvalue weighted by Gasteiger charge is 2.13. The van der Waals surface area contributed by atoms with Gasteiger partial charge in [-0.05, 0) is 25.6 Å². The van der Waals surface area contributed by atoms with Gasteiger partial charge in [-0.2, -0.15) is 0 Å². The van der Waals surface area contributed by atoms with Gasteiger partial charge in [0, 0.05) is 11.8 Å². The number of nitrogens with one attached hydrogen (secondary N) is 2. The molecule has 0 saturated carbocycles. The van der Waals surface area contributed by atoms with E-state index in [9.17, 15) is 4.39 Å². The van der Waals surface area contributed by atoms with Crippen LogP contribution in [-0.2, 0) is 0 Å². The normalized spacial score (nSPS) is 12.2. The van der Waals surface area contributed by atoms with Crippen molar-refractivity contribution in [1.82, 2.24) is 15.5 Å². The van der Waals surface area contributed by atoms with Gasteiger partial charge >= 0.3 is 6.01 Å². The Hall–Kier alpha value is -2.15. The second kappa shape index (κ2) is 6.33. The standard InChI is InChI=1S/C13H17FN4O2/c1-4-15-8(2)12-17-18-13(20-12)16-9-5-6-11(19-3)10(14)7-9/h5-8,15H,4H2,1-3H3,(H,16,18). The molecule has 0 bridgehead atoms. The topological polar surface area (TPSA) is 72.2 Å². The summed E-state index contributed by atoms with van der Waals surface area (Å²) in [4.78, 5) is 0. The molecular weight excluding hydrogens is 263 g/mol. The first kappa shape index (κ1) is 14.3. The van der Waals surface area contributed by atoms with Crippen molar-refractivity contribution in [1.29, 1.82) is 0 Å². The molecule has 0 fully saturated rings. The monoisotopic (exact) mass is 280 g/mol. The van der Waals surface area contributed by atoms with E-state index in [2.05, 4.69) is 20.8 Å². The highest BCUT2D eigenvalue weighted by molar-refractivity contribution is 5.53. The van der Waals surface area contributed by atoms with E-state index >= 15 is 0 Å². The summed E-state index contributed by atoms with van der Waals surface area (Å²) in [5, 5.41) is 13.8. The van der Waals surface area contributed by atoms with Crippen LogP contribution in [0.5, 0.6) is 5.75 Å². The maximum absolute atomic E-state index is 13.5. The number of aromatic nitrogens is 2. The van der Waals surface area contributed by atoms with Gasteiger partial charge in [-0.25, -0.2) is 4.39 Å². The van der Waals surface area contributed by atoms with E-state index in [1.54, 1.807) is 6.07 Å². The number of ether oxygens (including phenoxy) is 1. The number of methoxy groups -OCH3 is 1. The summed E-state index contributed by atoms with van der Waals surface area (Å²) in [6, 6.07) is 4.68. The van der Waals surface area contributed by atoms with Gasteiger partial charge in [0.15, 0.2) is 11.6 Å². The number of anilines is 2. The van der Waals surface area contributed by atoms with Gasteiger partial charge in [-0.3, -0.25) is 0 Å². The molecule has 0 radical (unpaired) electrons. The van der Waals surface area contributed by atoms with E-state index < -0.39 is 5.82 Å². The molecular formula is C13H17FN4O2. The minimum atomic E-state index is -0.460. The molecule has 1 atom stereocenters. The largest absolute Gasteiger partial charge is 0.494 e. The van der Waals surface area contributed by atoms with Crippen molar-refractivity contribution >= 4 is 11.7 Å². The van der Waals surface area contributed by atoms with Gasteiger partial charge in [0.1, 0.15) is 0 Å². The molecule has 2 aromatic rings. The van der Waals surface area contributed by atoms with Gasteiger partial charge < -0.3 is 19.8 Å². The van der Waals surface area contributed by atoms with E-state index in [1.165, 1.54) is 19.2 Å². The molecule has 2 N–H and O–H groups in total. The number of nitrogens with zero attached hydrogens (tertiary/aromatic N) is 2. The van der Waals surface area contributed by atoms with Gasteiger partial charge in [-0.15, -0.1) is 5.10 Å². The number of halogens is 1. The predicted molar refractivity (Wildman–Crippen MR) is 72.6 cm³/mol. The molecule has 1 unspecified atom stereocenters. The van der Waals surface area contributed by atoms with Crippen LogP contribution in [0.25, 0.3) is 0 Å². The maximum Gasteiger partial charge on any atom is 0.320 e. The van der Waals surface area contributed by atoms with Crippen LogP contribution in [0.2, 0.25) is 0 Å². The summed E-state index contributed by atoms with van der Waals surface area (Å²) in [5.41, 5.74) is 0.509. The first-order valence-corrected chi connectivity index (χ1v) is 6.31. The third kappa shape index (κ3) is 3.24. The summed E-state index contributed by atoms with van der Waals surface area (Å²) >= 11 is 0. The molecule has 7 heteroatoms. The summed E-state index contributed by atoms with van der Waals surface area (Å²) < 4.78 is 23.8. The fourth-order valence-corrected chi connectivity index (χ4v) is 1.72. The van der Waals surface area contributed by atoms with Crippen molar-refractivity contribution in [3.63, 3.8) is 0 Å². The molecule has 0 amide bonds. The molecule has 6 nitrogen and oxygen atoms in total. The second-order valence-corrected chi connectivity index (χ2v) is 4.20. The molecule has 0 saturated heterocycles. The Bertz CT molecular complexity index is 573. The summed E-state index contributed by atoms with van der Waals surface area (Å²) in [7, 11) is 1.41. The lowest BCUT2D eigenvalue weighted by Gasteiger charge is -2.06. The molecule has 2 rings (SSSR count). The van der Waals surface area contributed by atoms with E-state index in [1.807, 2.05) is 13.8 Å². The van der Waals surface area contributed by atoms with Crippen LogP contribution in [0.15, 0.2) is 22.6 Å². The second-order valence-electron chi connectivity index (χ2n) is 4.20. The molecule has 0 aliphatic carbocycles. The van der Waals surface area contributed by atoms with Crippen LogP contribution in [0.1, 0.15) is 25.8 Å². The molecule has 0 aliphatic rings. The lowest BCUT2D eigenvalue weighted by atomic mass is 10.3. The molecule has 1 heterocycles. The number of hydrogen-bond acceptors (Lipinski definition) is 6. The minimum Gasteiger partial charge on any atom is -0.494 e. The van der Waals surface area contributed by atoms with E-state index in [0.717, 1.165) is 6.54 Å². The average Bonchev–Trinajstić information content (AvgIpc) is 2.88. The lowest BCUT2D eigenvalue weighted by Crippen LogP contribution is -2.17. The van der Waals surface area contributed by atoms with Crippen molar-refractivity contribution < 1.29 is 13.5 Å². The third-order valence-corrected chi connectivity index (χ3v) is 2.72. The van der Waals surface area contributed by atoms with Gasteiger partial charge in [0.05, 0.1) is 13.2 Å². The quantitative estimate of drug-likeness (QED) is 0.847. The van der Waals surface area contributed by atoms with Crippen LogP contribution in [0, 0.1) is 5.82 Å². The predicted octanol–water partition coefficient (Wildman–Crippen LogP) is 2.63. The molecule has 1 aromatic heterocycles. The first-order valence-electron chi connectivity index (χ1n) is 6.31. The van der Waals surface area contributed by atoms with E-state index in [0.29, 0.717) is 11.6 Å². The van der Waals surface area contributed by atoms with Crippen molar-refractivity contribution in [2.45, 2.75) is 19.9 Å². The zero-order valence-corrected chi connectivity index (χ0v) is 11.6. The summed E-state index contributed by atoms with van der Waals surface area (Å²) in [5.74, 6) is 0.198. The Labute approximate surface area is 116 Å². The minimum absolute atomic E-state index is 0.0318. The number of rotatable bonds is 6. The summed E-state index contributed by atoms with van der Waals surface area (Å²) in [6.45, 7) is 4.72. The highest BCUT2D eigenvalue weighted by Crippen LogP contribution is 2.23. The lowest BCUT2D eigenvalue weighted by molar-refractivity contribution is 0.386. The Morgan fingerprint density at radius 3 is 2.85 bits per heavy atom. The van der Waals surface area contributed by atoms with Crippen molar-refractivity contribution in [2.24, 2.45) is 0 Å².